The Morgan fingerprint density at radius 2 is 1.95 bits per heavy atom. The van der Waals surface area contributed by atoms with Crippen molar-refractivity contribution in [3.8, 4) is 11.8 Å². The Hall–Kier alpha value is -2.64. The molecule has 4 heteroatoms. The summed E-state index contributed by atoms with van der Waals surface area (Å²) in [5, 5.41) is 2.79. The fourth-order valence-electron chi connectivity index (χ4n) is 1.84. The maximum absolute atomic E-state index is 13.3. The molecule has 2 aromatic rings. The van der Waals surface area contributed by atoms with Gasteiger partial charge in [-0.25, -0.2) is 4.39 Å². The fraction of sp³-hybridized carbons (Fsp3) is 0.118. The van der Waals surface area contributed by atoms with E-state index in [1.165, 1.54) is 18.2 Å². The van der Waals surface area contributed by atoms with Gasteiger partial charge in [0.25, 0.3) is 5.91 Å². The molecule has 0 aliphatic carbocycles. The number of benzene rings is 2. The van der Waals surface area contributed by atoms with Crippen LogP contribution in [0.2, 0.25) is 0 Å². The zero-order valence-electron chi connectivity index (χ0n) is 11.4. The molecule has 0 aromatic heterocycles. The van der Waals surface area contributed by atoms with Gasteiger partial charge in [0.1, 0.15) is 5.82 Å². The van der Waals surface area contributed by atoms with Crippen molar-refractivity contribution in [3.05, 3.63) is 71.0 Å². The average molecular weight is 282 g/mol. The summed E-state index contributed by atoms with van der Waals surface area (Å²) in [5.41, 5.74) is 6.98. The highest BCUT2D eigenvalue weighted by atomic mass is 19.1. The molecule has 3 N–H and O–H groups in total. The Bertz CT molecular complexity index is 687. The number of amides is 1. The lowest BCUT2D eigenvalue weighted by Crippen LogP contribution is -2.23. The van der Waals surface area contributed by atoms with E-state index in [1.54, 1.807) is 0 Å². The molecule has 3 nitrogen and oxygen atoms in total. The summed E-state index contributed by atoms with van der Waals surface area (Å²) in [6, 6.07) is 13.4. The van der Waals surface area contributed by atoms with Crippen LogP contribution in [0.5, 0.6) is 0 Å². The van der Waals surface area contributed by atoms with Crippen LogP contribution in [0, 0.1) is 17.7 Å². The van der Waals surface area contributed by atoms with Crippen LogP contribution in [0.4, 0.5) is 4.39 Å². The summed E-state index contributed by atoms with van der Waals surface area (Å²) in [5.74, 6) is 4.62. The quantitative estimate of drug-likeness (QED) is 0.847. The van der Waals surface area contributed by atoms with Gasteiger partial charge >= 0.3 is 0 Å². The van der Waals surface area contributed by atoms with E-state index < -0.39 is 5.82 Å². The molecule has 0 fully saturated rings. The standard InChI is InChI=1S/C17H15FN2O/c18-15-8-9-16(14(11-15)7-4-10-19)17(21)20-12-13-5-2-1-3-6-13/h1-3,5-6,8-9,11H,10,12,19H2,(H,20,21). The minimum atomic E-state index is -0.434. The topological polar surface area (TPSA) is 55.1 Å². The molecule has 2 rings (SSSR count). The number of hydrogen-bond acceptors (Lipinski definition) is 2. The van der Waals surface area contributed by atoms with Gasteiger partial charge in [0.2, 0.25) is 0 Å². The Morgan fingerprint density at radius 1 is 1.19 bits per heavy atom. The van der Waals surface area contributed by atoms with Crippen LogP contribution in [0.3, 0.4) is 0 Å². The molecule has 106 valence electrons. The van der Waals surface area contributed by atoms with Crippen molar-refractivity contribution < 1.29 is 9.18 Å². The fourth-order valence-corrected chi connectivity index (χ4v) is 1.84. The third-order valence-electron chi connectivity index (χ3n) is 2.85. The summed E-state index contributed by atoms with van der Waals surface area (Å²) < 4.78 is 13.3. The van der Waals surface area contributed by atoms with Gasteiger partial charge in [0.15, 0.2) is 0 Å². The van der Waals surface area contributed by atoms with Gasteiger partial charge in [-0.1, -0.05) is 42.2 Å². The molecule has 21 heavy (non-hydrogen) atoms. The second kappa shape index (κ2) is 7.22. The zero-order valence-corrected chi connectivity index (χ0v) is 11.4. The SMILES string of the molecule is NCC#Cc1cc(F)ccc1C(=O)NCc1ccccc1. The van der Waals surface area contributed by atoms with E-state index in [9.17, 15) is 9.18 Å². The van der Waals surface area contributed by atoms with Crippen LogP contribution < -0.4 is 11.1 Å². The number of carbonyl (C=O) groups excluding carboxylic acids is 1. The minimum absolute atomic E-state index is 0.154. The highest BCUT2D eigenvalue weighted by molar-refractivity contribution is 5.96. The van der Waals surface area contributed by atoms with Gasteiger partial charge in [0, 0.05) is 12.1 Å². The van der Waals surface area contributed by atoms with Gasteiger partial charge in [-0.05, 0) is 23.8 Å². The van der Waals surface area contributed by atoms with Crippen molar-refractivity contribution in [2.24, 2.45) is 5.73 Å². The maximum Gasteiger partial charge on any atom is 0.252 e. The molecular weight excluding hydrogens is 267 g/mol. The monoisotopic (exact) mass is 282 g/mol. The molecule has 0 heterocycles. The van der Waals surface area contributed by atoms with Crippen molar-refractivity contribution in [3.63, 3.8) is 0 Å². The number of halogens is 1. The highest BCUT2D eigenvalue weighted by Crippen LogP contribution is 2.11. The first-order valence-corrected chi connectivity index (χ1v) is 6.51. The van der Waals surface area contributed by atoms with Gasteiger partial charge in [-0.2, -0.15) is 0 Å². The smallest absolute Gasteiger partial charge is 0.252 e. The summed E-state index contributed by atoms with van der Waals surface area (Å²) in [7, 11) is 0. The van der Waals surface area contributed by atoms with Crippen LogP contribution >= 0.6 is 0 Å². The number of rotatable bonds is 3. The second-order valence-electron chi connectivity index (χ2n) is 4.36. The van der Waals surface area contributed by atoms with E-state index >= 15 is 0 Å². The first kappa shape index (κ1) is 14.8. The van der Waals surface area contributed by atoms with Crippen LogP contribution in [0.1, 0.15) is 21.5 Å². The van der Waals surface area contributed by atoms with Crippen molar-refractivity contribution in [2.45, 2.75) is 6.54 Å². The average Bonchev–Trinajstić information content (AvgIpc) is 2.51. The van der Waals surface area contributed by atoms with Crippen molar-refractivity contribution in [1.82, 2.24) is 5.32 Å². The summed E-state index contributed by atoms with van der Waals surface area (Å²) in [6.45, 7) is 0.558. The van der Waals surface area contributed by atoms with Crippen molar-refractivity contribution in [2.75, 3.05) is 6.54 Å². The molecule has 0 radical (unpaired) electrons. The van der Waals surface area contributed by atoms with Crippen LogP contribution in [0.15, 0.2) is 48.5 Å². The Morgan fingerprint density at radius 3 is 2.67 bits per heavy atom. The van der Waals surface area contributed by atoms with E-state index in [0.717, 1.165) is 5.56 Å². The first-order chi connectivity index (χ1) is 10.2. The Labute approximate surface area is 123 Å². The lowest BCUT2D eigenvalue weighted by molar-refractivity contribution is 0.0950. The third kappa shape index (κ3) is 4.16. The Kier molecular flexibility index (Phi) is 5.08. The molecule has 1 amide bonds. The molecular formula is C17H15FN2O. The van der Waals surface area contributed by atoms with E-state index in [-0.39, 0.29) is 12.5 Å². The summed E-state index contributed by atoms with van der Waals surface area (Å²) in [4.78, 5) is 12.2. The third-order valence-corrected chi connectivity index (χ3v) is 2.85. The molecule has 0 aliphatic rings. The van der Waals surface area contributed by atoms with Crippen LogP contribution in [-0.2, 0) is 6.54 Å². The second-order valence-corrected chi connectivity index (χ2v) is 4.36. The highest BCUT2D eigenvalue weighted by Gasteiger charge is 2.10. The molecule has 0 aliphatic heterocycles. The lowest BCUT2D eigenvalue weighted by atomic mass is 10.1. The zero-order chi connectivity index (χ0) is 15.1. The number of nitrogens with one attached hydrogen (secondary N) is 1. The van der Waals surface area contributed by atoms with E-state index in [2.05, 4.69) is 17.2 Å². The minimum Gasteiger partial charge on any atom is -0.348 e. The van der Waals surface area contributed by atoms with Gasteiger partial charge in [0.05, 0.1) is 12.1 Å². The predicted octanol–water partition coefficient (Wildman–Crippen LogP) is 2.07. The Balaban J connectivity index is 2.15. The van der Waals surface area contributed by atoms with Crippen LogP contribution in [-0.4, -0.2) is 12.5 Å². The van der Waals surface area contributed by atoms with E-state index in [0.29, 0.717) is 17.7 Å². The predicted molar refractivity (Wildman–Crippen MR) is 79.9 cm³/mol. The number of carbonyl (C=O) groups is 1. The first-order valence-electron chi connectivity index (χ1n) is 6.51. The largest absolute Gasteiger partial charge is 0.348 e. The molecule has 0 atom stereocenters. The van der Waals surface area contributed by atoms with E-state index in [1.807, 2.05) is 30.3 Å². The molecule has 0 saturated heterocycles. The van der Waals surface area contributed by atoms with Gasteiger partial charge < -0.3 is 11.1 Å². The summed E-state index contributed by atoms with van der Waals surface area (Å²) in [6.07, 6.45) is 0. The van der Waals surface area contributed by atoms with Crippen LogP contribution in [0.25, 0.3) is 0 Å². The van der Waals surface area contributed by atoms with Crippen molar-refractivity contribution >= 4 is 5.91 Å². The number of nitrogens with two attached hydrogens (primary N) is 1. The molecule has 0 unspecified atom stereocenters. The maximum atomic E-state index is 13.3. The van der Waals surface area contributed by atoms with Gasteiger partial charge in [-0.15, -0.1) is 0 Å². The molecule has 0 bridgehead atoms. The normalized spacial score (nSPS) is 9.62. The molecule has 0 spiro atoms. The van der Waals surface area contributed by atoms with Crippen molar-refractivity contribution in [1.29, 1.82) is 0 Å². The lowest BCUT2D eigenvalue weighted by Gasteiger charge is -2.07. The summed E-state index contributed by atoms with van der Waals surface area (Å²) >= 11 is 0. The van der Waals surface area contributed by atoms with Gasteiger partial charge in [-0.3, -0.25) is 4.79 Å². The molecule has 0 saturated carbocycles. The molecule has 2 aromatic carbocycles. The van der Waals surface area contributed by atoms with E-state index in [4.69, 9.17) is 5.73 Å². The number of hydrogen-bond donors (Lipinski definition) is 2.